The van der Waals surface area contributed by atoms with E-state index in [4.69, 9.17) is 4.74 Å². The van der Waals surface area contributed by atoms with Gasteiger partial charge in [0.2, 0.25) is 0 Å². The summed E-state index contributed by atoms with van der Waals surface area (Å²) in [6.07, 6.45) is 2.86. The molecule has 126 valence electrons. The highest BCUT2D eigenvalue weighted by Gasteiger charge is 2.42. The largest absolute Gasteiger partial charge is 0.481 e. The fourth-order valence-corrected chi connectivity index (χ4v) is 3.10. The molecule has 0 saturated heterocycles. The van der Waals surface area contributed by atoms with Crippen LogP contribution in [0, 0.1) is 18.7 Å². The smallest absolute Gasteiger partial charge is 0.308 e. The van der Waals surface area contributed by atoms with E-state index >= 15 is 0 Å². The van der Waals surface area contributed by atoms with E-state index < -0.39 is 29.2 Å². The van der Waals surface area contributed by atoms with E-state index in [2.05, 4.69) is 5.32 Å². The number of carboxylic acids is 1. The Morgan fingerprint density at radius 2 is 2.17 bits per heavy atom. The molecule has 1 aliphatic rings. The number of hydrogen-bond acceptors (Lipinski definition) is 3. The Bertz CT molecular complexity index is 604. The first kappa shape index (κ1) is 17.2. The lowest BCUT2D eigenvalue weighted by molar-refractivity contribution is -0.146. The normalized spacial score (nSPS) is 24.0. The Morgan fingerprint density at radius 1 is 1.43 bits per heavy atom. The second kappa shape index (κ2) is 6.98. The third-order valence-corrected chi connectivity index (χ3v) is 4.38. The van der Waals surface area contributed by atoms with Crippen molar-refractivity contribution in [2.75, 3.05) is 6.61 Å². The molecule has 6 heteroatoms. The van der Waals surface area contributed by atoms with Gasteiger partial charge in [0.05, 0.1) is 11.5 Å². The van der Waals surface area contributed by atoms with E-state index in [0.29, 0.717) is 12.8 Å². The van der Waals surface area contributed by atoms with Crippen LogP contribution in [0.15, 0.2) is 18.2 Å². The zero-order valence-corrected chi connectivity index (χ0v) is 13.4. The molecule has 5 nitrogen and oxygen atoms in total. The predicted molar refractivity (Wildman–Crippen MR) is 82.8 cm³/mol. The fourth-order valence-electron chi connectivity index (χ4n) is 3.10. The number of carbonyl (C=O) groups is 2. The number of aryl methyl sites for hydroxylation is 1. The molecule has 1 aromatic rings. The molecule has 1 saturated carbocycles. The Balaban J connectivity index is 1.98. The van der Waals surface area contributed by atoms with Crippen molar-refractivity contribution in [2.45, 2.75) is 45.1 Å². The van der Waals surface area contributed by atoms with Crippen LogP contribution in [0.5, 0.6) is 5.75 Å². The number of nitrogens with one attached hydrogen (secondary N) is 1. The first-order chi connectivity index (χ1) is 10.8. The van der Waals surface area contributed by atoms with Crippen LogP contribution >= 0.6 is 0 Å². The number of amides is 1. The SMILES string of the molecule is Cc1ccc(F)c(OCC(=O)NC2(C)CCCCC2C(=O)O)c1. The quantitative estimate of drug-likeness (QED) is 0.873. The molecule has 2 unspecified atom stereocenters. The zero-order chi connectivity index (χ0) is 17.0. The maximum Gasteiger partial charge on any atom is 0.308 e. The van der Waals surface area contributed by atoms with Crippen molar-refractivity contribution in [1.29, 1.82) is 0 Å². The topological polar surface area (TPSA) is 75.6 Å². The Labute approximate surface area is 134 Å². The summed E-state index contributed by atoms with van der Waals surface area (Å²) in [5.74, 6) is -2.48. The highest BCUT2D eigenvalue weighted by atomic mass is 19.1. The summed E-state index contributed by atoms with van der Waals surface area (Å²) < 4.78 is 18.8. The van der Waals surface area contributed by atoms with E-state index in [1.165, 1.54) is 12.1 Å². The molecule has 2 rings (SSSR count). The van der Waals surface area contributed by atoms with Crippen LogP contribution in [-0.4, -0.2) is 29.1 Å². The van der Waals surface area contributed by atoms with Gasteiger partial charge < -0.3 is 15.2 Å². The summed E-state index contributed by atoms with van der Waals surface area (Å²) in [7, 11) is 0. The van der Waals surface area contributed by atoms with Gasteiger partial charge in [0.1, 0.15) is 0 Å². The molecule has 0 radical (unpaired) electrons. The lowest BCUT2D eigenvalue weighted by Crippen LogP contribution is -2.56. The Morgan fingerprint density at radius 3 is 2.87 bits per heavy atom. The van der Waals surface area contributed by atoms with Crippen LogP contribution in [0.3, 0.4) is 0 Å². The van der Waals surface area contributed by atoms with Crippen LogP contribution in [0.4, 0.5) is 4.39 Å². The molecule has 1 aromatic carbocycles. The van der Waals surface area contributed by atoms with Crippen LogP contribution in [0.25, 0.3) is 0 Å². The molecule has 0 bridgehead atoms. The second-order valence-corrected chi connectivity index (χ2v) is 6.32. The molecule has 0 aliphatic heterocycles. The number of hydrogen-bond donors (Lipinski definition) is 2. The van der Waals surface area contributed by atoms with Crippen molar-refractivity contribution >= 4 is 11.9 Å². The van der Waals surface area contributed by atoms with E-state index in [1.807, 2.05) is 0 Å². The van der Waals surface area contributed by atoms with Crippen molar-refractivity contribution < 1.29 is 23.8 Å². The predicted octanol–water partition coefficient (Wildman–Crippen LogP) is 2.66. The number of aliphatic carboxylic acids is 1. The highest BCUT2D eigenvalue weighted by molar-refractivity contribution is 5.80. The molecule has 1 aliphatic carbocycles. The molecular formula is C17H22FNO4. The molecule has 0 heterocycles. The molecule has 0 spiro atoms. The van der Waals surface area contributed by atoms with Gasteiger partial charge in [-0.15, -0.1) is 0 Å². The van der Waals surface area contributed by atoms with E-state index in [1.54, 1.807) is 19.9 Å². The zero-order valence-electron chi connectivity index (χ0n) is 13.4. The van der Waals surface area contributed by atoms with Gasteiger partial charge in [-0.3, -0.25) is 9.59 Å². The minimum atomic E-state index is -0.904. The maximum atomic E-state index is 13.6. The number of benzene rings is 1. The fraction of sp³-hybridized carbons (Fsp3) is 0.529. The molecule has 23 heavy (non-hydrogen) atoms. The number of ether oxygens (including phenoxy) is 1. The van der Waals surface area contributed by atoms with Crippen LogP contribution in [0.2, 0.25) is 0 Å². The van der Waals surface area contributed by atoms with E-state index in [9.17, 15) is 19.1 Å². The summed E-state index contributed by atoms with van der Waals surface area (Å²) >= 11 is 0. The van der Waals surface area contributed by atoms with E-state index in [-0.39, 0.29) is 12.4 Å². The summed E-state index contributed by atoms with van der Waals surface area (Å²) in [4.78, 5) is 23.5. The Hall–Kier alpha value is -2.11. The van der Waals surface area contributed by atoms with Crippen molar-refractivity contribution in [3.8, 4) is 5.75 Å². The minimum absolute atomic E-state index is 0.0173. The second-order valence-electron chi connectivity index (χ2n) is 6.32. The number of rotatable bonds is 5. The monoisotopic (exact) mass is 323 g/mol. The summed E-state index contributed by atoms with van der Waals surface area (Å²) in [6.45, 7) is 3.20. The summed E-state index contributed by atoms with van der Waals surface area (Å²) in [6, 6.07) is 4.42. The molecule has 1 fully saturated rings. The average Bonchev–Trinajstić information content (AvgIpc) is 2.48. The van der Waals surface area contributed by atoms with Gasteiger partial charge in [0.25, 0.3) is 5.91 Å². The molecule has 2 N–H and O–H groups in total. The average molecular weight is 323 g/mol. The maximum absolute atomic E-state index is 13.6. The van der Waals surface area contributed by atoms with Gasteiger partial charge in [-0.25, -0.2) is 4.39 Å². The van der Waals surface area contributed by atoms with Crippen molar-refractivity contribution in [3.05, 3.63) is 29.6 Å². The number of carbonyl (C=O) groups excluding carboxylic acids is 1. The van der Waals surface area contributed by atoms with Crippen LogP contribution in [0.1, 0.15) is 38.2 Å². The Kier molecular flexibility index (Phi) is 5.23. The van der Waals surface area contributed by atoms with E-state index in [0.717, 1.165) is 18.4 Å². The number of halogens is 1. The van der Waals surface area contributed by atoms with Crippen LogP contribution < -0.4 is 10.1 Å². The lowest BCUT2D eigenvalue weighted by Gasteiger charge is -2.39. The summed E-state index contributed by atoms with van der Waals surface area (Å²) in [5.41, 5.74) is 0.0300. The van der Waals surface area contributed by atoms with Gasteiger partial charge in [-0.05, 0) is 44.4 Å². The van der Waals surface area contributed by atoms with Gasteiger partial charge >= 0.3 is 5.97 Å². The molecule has 1 amide bonds. The first-order valence-corrected chi connectivity index (χ1v) is 7.74. The standard InChI is InChI=1S/C17H22FNO4/c1-11-6-7-13(18)14(9-11)23-10-15(20)19-17(2)8-4-3-5-12(17)16(21)22/h6-7,9,12H,3-5,8,10H2,1-2H3,(H,19,20)(H,21,22). The highest BCUT2D eigenvalue weighted by Crippen LogP contribution is 2.33. The van der Waals surface area contributed by atoms with Crippen molar-refractivity contribution in [2.24, 2.45) is 5.92 Å². The van der Waals surface area contributed by atoms with Crippen molar-refractivity contribution in [1.82, 2.24) is 5.32 Å². The lowest BCUT2D eigenvalue weighted by atomic mass is 9.74. The van der Waals surface area contributed by atoms with Crippen LogP contribution in [-0.2, 0) is 9.59 Å². The van der Waals surface area contributed by atoms with Gasteiger partial charge in [0.15, 0.2) is 18.2 Å². The molecular weight excluding hydrogens is 301 g/mol. The third kappa shape index (κ3) is 4.21. The molecule has 2 atom stereocenters. The molecule has 0 aromatic heterocycles. The van der Waals surface area contributed by atoms with Gasteiger partial charge in [0, 0.05) is 0 Å². The van der Waals surface area contributed by atoms with Gasteiger partial charge in [-0.1, -0.05) is 18.9 Å². The third-order valence-electron chi connectivity index (χ3n) is 4.38. The minimum Gasteiger partial charge on any atom is -0.481 e. The number of carboxylic acid groups (broad SMARTS) is 1. The summed E-state index contributed by atoms with van der Waals surface area (Å²) in [5, 5.41) is 12.1. The van der Waals surface area contributed by atoms with Gasteiger partial charge in [-0.2, -0.15) is 0 Å². The van der Waals surface area contributed by atoms with Crippen molar-refractivity contribution in [3.63, 3.8) is 0 Å². The first-order valence-electron chi connectivity index (χ1n) is 7.74.